The largest absolute Gasteiger partial charge is 0.354 e. The van der Waals surface area contributed by atoms with Gasteiger partial charge in [0.05, 0.1) is 4.92 Å². The number of non-ortho nitro benzene ring substituents is 1. The number of carbonyl (C=O) groups is 2. The lowest BCUT2D eigenvalue weighted by Crippen LogP contribution is -2.45. The number of nitrogens with zero attached hydrogens (tertiary/aromatic N) is 1. The van der Waals surface area contributed by atoms with E-state index in [2.05, 4.69) is 10.6 Å². The van der Waals surface area contributed by atoms with Crippen LogP contribution in [0.15, 0.2) is 48.5 Å². The first-order valence-electron chi connectivity index (χ1n) is 7.94. The maximum atomic E-state index is 12.1. The van der Waals surface area contributed by atoms with Crippen molar-refractivity contribution in [3.05, 3.63) is 74.8 Å². The highest BCUT2D eigenvalue weighted by atomic mass is 35.5. The van der Waals surface area contributed by atoms with E-state index < -0.39 is 16.9 Å². The van der Waals surface area contributed by atoms with Crippen molar-refractivity contribution >= 4 is 29.1 Å². The third-order valence-corrected chi connectivity index (χ3v) is 3.94. The second-order valence-corrected chi connectivity index (χ2v) is 6.11. The Kier molecular flexibility index (Phi) is 6.68. The Balaban J connectivity index is 1.84. The Morgan fingerprint density at radius 1 is 1.19 bits per heavy atom. The number of hydrogen-bond donors (Lipinski definition) is 2. The molecule has 0 heterocycles. The minimum Gasteiger partial charge on any atom is -0.354 e. The molecule has 0 fully saturated rings. The van der Waals surface area contributed by atoms with Crippen molar-refractivity contribution in [2.24, 2.45) is 0 Å². The molecule has 7 nitrogen and oxygen atoms in total. The van der Waals surface area contributed by atoms with E-state index in [1.807, 2.05) is 12.1 Å². The SMILES string of the molecule is C[C@H](NC(=O)c1cccc([N+](=O)[O-])c1)C(=O)NCCc1ccc(Cl)cc1. The van der Waals surface area contributed by atoms with Crippen molar-refractivity contribution in [1.82, 2.24) is 10.6 Å². The van der Waals surface area contributed by atoms with E-state index >= 15 is 0 Å². The first kappa shape index (κ1) is 19.4. The fourth-order valence-electron chi connectivity index (χ4n) is 2.24. The zero-order valence-electron chi connectivity index (χ0n) is 14.1. The highest BCUT2D eigenvalue weighted by Crippen LogP contribution is 2.13. The summed E-state index contributed by atoms with van der Waals surface area (Å²) >= 11 is 5.82. The van der Waals surface area contributed by atoms with Crippen LogP contribution >= 0.6 is 11.6 Å². The number of benzene rings is 2. The Labute approximate surface area is 155 Å². The molecule has 0 aliphatic heterocycles. The van der Waals surface area contributed by atoms with Gasteiger partial charge in [0, 0.05) is 29.3 Å². The molecule has 0 unspecified atom stereocenters. The number of hydrogen-bond acceptors (Lipinski definition) is 4. The summed E-state index contributed by atoms with van der Waals surface area (Å²) in [5.74, 6) is -0.883. The van der Waals surface area contributed by atoms with E-state index in [4.69, 9.17) is 11.6 Å². The van der Waals surface area contributed by atoms with Gasteiger partial charge in [-0.05, 0) is 37.1 Å². The summed E-state index contributed by atoms with van der Waals surface area (Å²) in [7, 11) is 0. The minimum atomic E-state index is -0.771. The molecule has 136 valence electrons. The van der Waals surface area contributed by atoms with Gasteiger partial charge >= 0.3 is 0 Å². The van der Waals surface area contributed by atoms with Crippen LogP contribution in [0.5, 0.6) is 0 Å². The topological polar surface area (TPSA) is 101 Å². The van der Waals surface area contributed by atoms with Gasteiger partial charge in [-0.1, -0.05) is 29.8 Å². The molecular weight excluding hydrogens is 358 g/mol. The zero-order chi connectivity index (χ0) is 19.1. The summed E-state index contributed by atoms with van der Waals surface area (Å²) in [6.45, 7) is 1.96. The molecule has 0 radical (unpaired) electrons. The van der Waals surface area contributed by atoms with Gasteiger partial charge < -0.3 is 10.6 Å². The number of nitro benzene ring substituents is 1. The molecular formula is C18H18ClN3O4. The summed E-state index contributed by atoms with van der Waals surface area (Å²) in [5.41, 5.74) is 0.973. The average molecular weight is 376 g/mol. The fourth-order valence-corrected chi connectivity index (χ4v) is 2.37. The van der Waals surface area contributed by atoms with Gasteiger partial charge in [0.1, 0.15) is 6.04 Å². The second-order valence-electron chi connectivity index (χ2n) is 5.67. The van der Waals surface area contributed by atoms with Crippen LogP contribution in [0.4, 0.5) is 5.69 Å². The number of carbonyl (C=O) groups excluding carboxylic acids is 2. The Bertz CT molecular complexity index is 808. The van der Waals surface area contributed by atoms with Gasteiger partial charge in [-0.25, -0.2) is 0 Å². The summed E-state index contributed by atoms with van der Waals surface area (Å²) in [5, 5.41) is 16.7. The van der Waals surface area contributed by atoms with E-state index in [1.54, 1.807) is 19.1 Å². The van der Waals surface area contributed by atoms with Gasteiger partial charge in [-0.15, -0.1) is 0 Å². The molecule has 2 rings (SSSR count). The molecule has 26 heavy (non-hydrogen) atoms. The van der Waals surface area contributed by atoms with Crippen molar-refractivity contribution in [3.8, 4) is 0 Å². The molecule has 0 aromatic heterocycles. The lowest BCUT2D eigenvalue weighted by molar-refractivity contribution is -0.384. The molecule has 0 saturated heterocycles. The second kappa shape index (κ2) is 8.96. The molecule has 0 bridgehead atoms. The fraction of sp³-hybridized carbons (Fsp3) is 0.222. The monoisotopic (exact) mass is 375 g/mol. The molecule has 2 aromatic carbocycles. The first-order chi connectivity index (χ1) is 12.4. The molecule has 0 aliphatic rings. The standard InChI is InChI=1S/C18H18ClN3O4/c1-12(17(23)20-10-9-13-5-7-15(19)8-6-13)21-18(24)14-3-2-4-16(11-14)22(25)26/h2-8,11-12H,9-10H2,1H3,(H,20,23)(H,21,24)/t12-/m0/s1. The summed E-state index contributed by atoms with van der Waals surface area (Å²) in [6.07, 6.45) is 0.633. The Morgan fingerprint density at radius 2 is 1.88 bits per heavy atom. The van der Waals surface area contributed by atoms with Crippen molar-refractivity contribution in [2.45, 2.75) is 19.4 Å². The highest BCUT2D eigenvalue weighted by Gasteiger charge is 2.17. The zero-order valence-corrected chi connectivity index (χ0v) is 14.8. The van der Waals surface area contributed by atoms with Crippen LogP contribution in [-0.4, -0.2) is 29.3 Å². The third kappa shape index (κ3) is 5.56. The Hall–Kier alpha value is -2.93. The van der Waals surface area contributed by atoms with E-state index in [-0.39, 0.29) is 17.2 Å². The van der Waals surface area contributed by atoms with Gasteiger partial charge in [-0.2, -0.15) is 0 Å². The quantitative estimate of drug-likeness (QED) is 0.573. The van der Waals surface area contributed by atoms with Gasteiger partial charge in [-0.3, -0.25) is 19.7 Å². The predicted octanol–water partition coefficient (Wildman–Crippen LogP) is 2.73. The number of rotatable bonds is 7. The number of nitrogens with one attached hydrogen (secondary N) is 2. The molecule has 0 saturated carbocycles. The Morgan fingerprint density at radius 3 is 2.54 bits per heavy atom. The van der Waals surface area contributed by atoms with Crippen molar-refractivity contribution in [3.63, 3.8) is 0 Å². The summed E-state index contributed by atoms with van der Waals surface area (Å²) in [6, 6.07) is 11.9. The van der Waals surface area contributed by atoms with E-state index in [0.29, 0.717) is 18.0 Å². The molecule has 0 aliphatic carbocycles. The summed E-state index contributed by atoms with van der Waals surface area (Å²) < 4.78 is 0. The molecule has 2 aromatic rings. The average Bonchev–Trinajstić information content (AvgIpc) is 2.63. The summed E-state index contributed by atoms with van der Waals surface area (Å²) in [4.78, 5) is 34.4. The lowest BCUT2D eigenvalue weighted by atomic mass is 10.1. The highest BCUT2D eigenvalue weighted by molar-refractivity contribution is 6.30. The molecule has 1 atom stereocenters. The van der Waals surface area contributed by atoms with E-state index in [9.17, 15) is 19.7 Å². The lowest BCUT2D eigenvalue weighted by Gasteiger charge is -2.14. The van der Waals surface area contributed by atoms with Crippen molar-refractivity contribution < 1.29 is 14.5 Å². The van der Waals surface area contributed by atoms with Crippen LogP contribution in [0.3, 0.4) is 0 Å². The molecule has 8 heteroatoms. The molecule has 2 amide bonds. The van der Waals surface area contributed by atoms with Gasteiger partial charge in [0.15, 0.2) is 0 Å². The van der Waals surface area contributed by atoms with Crippen LogP contribution in [0.2, 0.25) is 5.02 Å². The van der Waals surface area contributed by atoms with Crippen molar-refractivity contribution in [2.75, 3.05) is 6.54 Å². The number of amides is 2. The van der Waals surface area contributed by atoms with Crippen LogP contribution < -0.4 is 10.6 Å². The number of halogens is 1. The minimum absolute atomic E-state index is 0.125. The first-order valence-corrected chi connectivity index (χ1v) is 8.32. The normalized spacial score (nSPS) is 11.5. The number of nitro groups is 1. The van der Waals surface area contributed by atoms with E-state index in [0.717, 1.165) is 5.56 Å². The van der Waals surface area contributed by atoms with Gasteiger partial charge in [0.25, 0.3) is 11.6 Å². The van der Waals surface area contributed by atoms with Crippen LogP contribution in [0.25, 0.3) is 0 Å². The molecule has 2 N–H and O–H groups in total. The van der Waals surface area contributed by atoms with Crippen molar-refractivity contribution in [1.29, 1.82) is 0 Å². The third-order valence-electron chi connectivity index (χ3n) is 3.69. The van der Waals surface area contributed by atoms with E-state index in [1.165, 1.54) is 24.3 Å². The smallest absolute Gasteiger partial charge is 0.270 e. The predicted molar refractivity (Wildman–Crippen MR) is 98.2 cm³/mol. The van der Waals surface area contributed by atoms with Gasteiger partial charge in [0.2, 0.25) is 5.91 Å². The molecule has 0 spiro atoms. The van der Waals surface area contributed by atoms with Crippen LogP contribution in [0.1, 0.15) is 22.8 Å². The van der Waals surface area contributed by atoms with Crippen LogP contribution in [0, 0.1) is 10.1 Å². The van der Waals surface area contributed by atoms with Crippen LogP contribution in [-0.2, 0) is 11.2 Å². The maximum Gasteiger partial charge on any atom is 0.270 e. The maximum absolute atomic E-state index is 12.1.